The highest BCUT2D eigenvalue weighted by Crippen LogP contribution is 2.23. The Morgan fingerprint density at radius 3 is 2.24 bits per heavy atom. The first-order chi connectivity index (χ1) is 13.9. The highest BCUT2D eigenvalue weighted by atomic mass is 35.5. The molecule has 148 valence electrons. The van der Waals surface area contributed by atoms with Gasteiger partial charge in [-0.3, -0.25) is 5.41 Å². The number of imidazole rings is 1. The first kappa shape index (κ1) is 19.5. The second kappa shape index (κ2) is 7.90. The summed E-state index contributed by atoms with van der Waals surface area (Å²) < 4.78 is 3.86. The van der Waals surface area contributed by atoms with E-state index in [1.54, 1.807) is 0 Å². The number of nitrogens with zero attached hydrogens (tertiary/aromatic N) is 2. The number of aliphatic hydroxyl groups excluding tert-OH is 1. The number of hydrogen-bond donors (Lipinski definition) is 2. The van der Waals surface area contributed by atoms with Crippen LogP contribution in [0.4, 0.5) is 0 Å². The van der Waals surface area contributed by atoms with Gasteiger partial charge in [-0.1, -0.05) is 65.7 Å². The lowest BCUT2D eigenvalue weighted by molar-refractivity contribution is 0.155. The number of benzene rings is 3. The van der Waals surface area contributed by atoms with Crippen LogP contribution >= 0.6 is 11.6 Å². The van der Waals surface area contributed by atoms with Crippen molar-refractivity contribution in [3.63, 3.8) is 0 Å². The molecular weight excluding hydrogens is 382 g/mol. The number of para-hydroxylation sites is 2. The average Bonchev–Trinajstić information content (AvgIpc) is 2.97. The van der Waals surface area contributed by atoms with Crippen molar-refractivity contribution in [3.8, 4) is 0 Å². The van der Waals surface area contributed by atoms with Crippen molar-refractivity contribution in [2.24, 2.45) is 0 Å². The van der Waals surface area contributed by atoms with E-state index in [9.17, 15) is 5.11 Å². The summed E-state index contributed by atoms with van der Waals surface area (Å²) in [6.07, 6.45) is -0.723. The molecule has 2 N–H and O–H groups in total. The van der Waals surface area contributed by atoms with Gasteiger partial charge in [0.2, 0.25) is 5.62 Å². The minimum absolute atomic E-state index is 0.307. The van der Waals surface area contributed by atoms with Gasteiger partial charge in [0.05, 0.1) is 30.2 Å². The Hall–Kier alpha value is -2.82. The molecule has 0 aliphatic carbocycles. The predicted molar refractivity (Wildman–Crippen MR) is 117 cm³/mol. The second-order valence-electron chi connectivity index (χ2n) is 7.52. The van der Waals surface area contributed by atoms with Crippen molar-refractivity contribution in [1.82, 2.24) is 9.13 Å². The van der Waals surface area contributed by atoms with Gasteiger partial charge in [0.25, 0.3) is 0 Å². The van der Waals surface area contributed by atoms with Crippen LogP contribution in [0.5, 0.6) is 0 Å². The van der Waals surface area contributed by atoms with Crippen LogP contribution in [0.25, 0.3) is 11.0 Å². The van der Waals surface area contributed by atoms with Crippen LogP contribution in [-0.2, 0) is 13.1 Å². The van der Waals surface area contributed by atoms with E-state index in [-0.39, 0.29) is 0 Å². The van der Waals surface area contributed by atoms with Crippen LogP contribution in [0, 0.1) is 19.3 Å². The van der Waals surface area contributed by atoms with Crippen LogP contribution in [-0.4, -0.2) is 14.2 Å². The van der Waals surface area contributed by atoms with E-state index in [2.05, 4.69) is 31.2 Å². The fourth-order valence-electron chi connectivity index (χ4n) is 3.67. The molecule has 4 rings (SSSR count). The molecule has 4 aromatic rings. The van der Waals surface area contributed by atoms with Gasteiger partial charge in [-0.25, -0.2) is 0 Å². The Balaban J connectivity index is 1.73. The fourth-order valence-corrected chi connectivity index (χ4v) is 3.79. The molecule has 1 heterocycles. The predicted octanol–water partition coefficient (Wildman–Crippen LogP) is 4.97. The molecule has 0 bridgehead atoms. The molecule has 0 amide bonds. The van der Waals surface area contributed by atoms with Gasteiger partial charge >= 0.3 is 0 Å². The first-order valence-corrected chi connectivity index (χ1v) is 10.0. The fraction of sp³-hybridized carbons (Fsp3) is 0.208. The summed E-state index contributed by atoms with van der Waals surface area (Å²) in [4.78, 5) is 0. The Morgan fingerprint density at radius 2 is 1.59 bits per heavy atom. The van der Waals surface area contributed by atoms with Gasteiger partial charge in [0, 0.05) is 5.02 Å². The number of halogens is 1. The smallest absolute Gasteiger partial charge is 0.203 e. The molecule has 5 heteroatoms. The third-order valence-electron chi connectivity index (χ3n) is 5.36. The van der Waals surface area contributed by atoms with Crippen LogP contribution in [0.2, 0.25) is 5.02 Å². The van der Waals surface area contributed by atoms with Crippen LogP contribution < -0.4 is 5.62 Å². The van der Waals surface area contributed by atoms with Gasteiger partial charge in [-0.2, -0.15) is 0 Å². The average molecular weight is 406 g/mol. The number of fused-ring (bicyclic) bond motifs is 1. The summed E-state index contributed by atoms with van der Waals surface area (Å²) in [7, 11) is 0. The summed E-state index contributed by atoms with van der Waals surface area (Å²) in [6, 6.07) is 21.9. The summed E-state index contributed by atoms with van der Waals surface area (Å²) in [5.74, 6) is 0. The number of aryl methyl sites for hydroxylation is 2. The lowest BCUT2D eigenvalue weighted by Gasteiger charge is -2.14. The summed E-state index contributed by atoms with van der Waals surface area (Å²) in [5.41, 5.74) is 6.39. The maximum Gasteiger partial charge on any atom is 0.203 e. The SMILES string of the molecule is Cc1ccc(Cn2c(=N)n(CC(O)c3ccc(Cl)c(C)c3)c3ccccc32)cc1. The minimum atomic E-state index is -0.723. The number of aliphatic hydroxyl groups is 1. The topological polar surface area (TPSA) is 53.9 Å². The highest BCUT2D eigenvalue weighted by Gasteiger charge is 2.16. The zero-order valence-electron chi connectivity index (χ0n) is 16.6. The summed E-state index contributed by atoms with van der Waals surface area (Å²) >= 11 is 6.12. The van der Waals surface area contributed by atoms with E-state index in [1.807, 2.05) is 58.5 Å². The zero-order chi connectivity index (χ0) is 20.5. The Labute approximate surface area is 175 Å². The van der Waals surface area contributed by atoms with Gasteiger partial charge in [0.15, 0.2) is 0 Å². The molecule has 0 saturated heterocycles. The number of rotatable bonds is 5. The lowest BCUT2D eigenvalue weighted by Crippen LogP contribution is -2.27. The Kier molecular flexibility index (Phi) is 5.31. The quantitative estimate of drug-likeness (QED) is 0.483. The van der Waals surface area contributed by atoms with Gasteiger partial charge in [-0.05, 0) is 48.7 Å². The summed E-state index contributed by atoms with van der Waals surface area (Å²) in [5, 5.41) is 20.3. The van der Waals surface area contributed by atoms with Crippen LogP contribution in [0.15, 0.2) is 66.7 Å². The van der Waals surface area contributed by atoms with Crippen LogP contribution in [0.3, 0.4) is 0 Å². The molecule has 1 aromatic heterocycles. The van der Waals surface area contributed by atoms with Crippen molar-refractivity contribution in [2.75, 3.05) is 0 Å². The maximum absolute atomic E-state index is 10.8. The van der Waals surface area contributed by atoms with E-state index >= 15 is 0 Å². The molecule has 0 aliphatic rings. The van der Waals surface area contributed by atoms with Gasteiger partial charge < -0.3 is 14.2 Å². The molecule has 3 aromatic carbocycles. The van der Waals surface area contributed by atoms with Crippen molar-refractivity contribution in [2.45, 2.75) is 33.0 Å². The maximum atomic E-state index is 10.8. The molecule has 0 spiro atoms. The number of nitrogens with one attached hydrogen (secondary N) is 1. The third kappa shape index (κ3) is 3.86. The Bertz CT molecular complexity index is 1220. The molecule has 1 atom stereocenters. The van der Waals surface area contributed by atoms with E-state index in [1.165, 1.54) is 5.56 Å². The normalized spacial score (nSPS) is 12.4. The molecule has 0 aliphatic heterocycles. The number of hydrogen-bond acceptors (Lipinski definition) is 2. The Morgan fingerprint density at radius 1 is 0.931 bits per heavy atom. The van der Waals surface area contributed by atoms with Crippen molar-refractivity contribution < 1.29 is 5.11 Å². The van der Waals surface area contributed by atoms with Crippen molar-refractivity contribution in [1.29, 1.82) is 5.41 Å². The first-order valence-electron chi connectivity index (χ1n) is 9.66. The van der Waals surface area contributed by atoms with Gasteiger partial charge in [-0.15, -0.1) is 0 Å². The molecule has 29 heavy (non-hydrogen) atoms. The summed E-state index contributed by atoms with van der Waals surface area (Å²) in [6.45, 7) is 4.91. The molecule has 4 nitrogen and oxygen atoms in total. The van der Waals surface area contributed by atoms with E-state index in [0.29, 0.717) is 23.7 Å². The third-order valence-corrected chi connectivity index (χ3v) is 5.78. The monoisotopic (exact) mass is 405 g/mol. The van der Waals surface area contributed by atoms with E-state index in [4.69, 9.17) is 17.0 Å². The lowest BCUT2D eigenvalue weighted by atomic mass is 10.1. The minimum Gasteiger partial charge on any atom is -0.387 e. The molecular formula is C24H24ClN3O. The molecule has 0 fully saturated rings. The van der Waals surface area contributed by atoms with E-state index < -0.39 is 6.10 Å². The van der Waals surface area contributed by atoms with Gasteiger partial charge in [0.1, 0.15) is 0 Å². The largest absolute Gasteiger partial charge is 0.387 e. The van der Waals surface area contributed by atoms with E-state index in [0.717, 1.165) is 27.7 Å². The molecule has 1 unspecified atom stereocenters. The molecule has 0 saturated carbocycles. The van der Waals surface area contributed by atoms with Crippen molar-refractivity contribution >= 4 is 22.6 Å². The zero-order valence-corrected chi connectivity index (χ0v) is 17.3. The second-order valence-corrected chi connectivity index (χ2v) is 7.93. The number of aromatic nitrogens is 2. The standard InChI is InChI=1S/C24H24ClN3O/c1-16-7-9-18(10-8-16)14-27-21-5-3-4-6-22(21)28(24(27)26)15-23(29)19-11-12-20(25)17(2)13-19/h3-13,23,26,29H,14-15H2,1-2H3. The molecule has 0 radical (unpaired) electrons. The highest BCUT2D eigenvalue weighted by molar-refractivity contribution is 6.31. The van der Waals surface area contributed by atoms with Crippen LogP contribution in [0.1, 0.15) is 28.4 Å². The van der Waals surface area contributed by atoms with Crippen molar-refractivity contribution in [3.05, 3.63) is 99.6 Å².